The standard InChI is InChI=1S/C33H54N2O5/c1-19-17-20(2)33-24(18-27(38-6)23(5)39-31(19)22(4)36)13-14-26-28(33)30(37)21(3)29(32(26)40-33)35-16-10-15-34-25-11-8-7-9-12-25/h13-14,17,19,21-22,24-32,34-37H,5,7-12,15-16,18H2,1-4,6H3/b20-17+/t19-,21?,22-,24-,26-,27+,28+,29+,30-,31+,32-,33+/m1/s1. The predicted octanol–water partition coefficient (Wildman–Crippen LogP) is 4.10. The number of rotatable bonds is 8. The van der Waals surface area contributed by atoms with E-state index in [0.29, 0.717) is 18.2 Å². The predicted molar refractivity (Wildman–Crippen MR) is 158 cm³/mol. The van der Waals surface area contributed by atoms with Gasteiger partial charge in [-0.25, -0.2) is 0 Å². The molecule has 3 fully saturated rings. The minimum absolute atomic E-state index is 0.00874. The number of aliphatic hydroxyl groups is 2. The Labute approximate surface area is 241 Å². The third-order valence-electron chi connectivity index (χ3n) is 10.9. The van der Waals surface area contributed by atoms with E-state index in [0.717, 1.165) is 25.1 Å². The zero-order chi connectivity index (χ0) is 28.6. The van der Waals surface area contributed by atoms with Gasteiger partial charge in [-0.05, 0) is 58.2 Å². The van der Waals surface area contributed by atoms with Crippen molar-refractivity contribution in [2.75, 3.05) is 20.2 Å². The van der Waals surface area contributed by atoms with E-state index in [1.165, 1.54) is 32.1 Å². The van der Waals surface area contributed by atoms with Gasteiger partial charge in [-0.2, -0.15) is 0 Å². The Bertz CT molecular complexity index is 945. The van der Waals surface area contributed by atoms with Crippen molar-refractivity contribution >= 4 is 0 Å². The second kappa shape index (κ2) is 12.6. The molecule has 2 saturated carbocycles. The topological polar surface area (TPSA) is 92.2 Å². The molecule has 2 aliphatic heterocycles. The van der Waals surface area contributed by atoms with Gasteiger partial charge in [-0.3, -0.25) is 0 Å². The summed E-state index contributed by atoms with van der Waals surface area (Å²) in [5, 5.41) is 30.1. The molecule has 7 heteroatoms. The lowest BCUT2D eigenvalue weighted by Gasteiger charge is -2.49. The Morgan fingerprint density at radius 2 is 1.88 bits per heavy atom. The second-order valence-corrected chi connectivity index (χ2v) is 13.4. The SMILES string of the molecule is C=C1O[C@H]([C@@H](C)O)[C@H](C)/C=C(\C)[C@]23O[C@@H]4[C@H](C=C[C@@H]2C[C@@H]1OC)[C@H]3[C@H](O)C(C)[C@@H]4NCCCNC1CCCCC1. The summed E-state index contributed by atoms with van der Waals surface area (Å²) in [6, 6.07) is 0.759. The Morgan fingerprint density at radius 3 is 2.58 bits per heavy atom. The summed E-state index contributed by atoms with van der Waals surface area (Å²) in [6.07, 6.45) is 13.2. The van der Waals surface area contributed by atoms with Crippen molar-refractivity contribution in [1.29, 1.82) is 0 Å². The summed E-state index contributed by atoms with van der Waals surface area (Å²) in [4.78, 5) is 0. The summed E-state index contributed by atoms with van der Waals surface area (Å²) < 4.78 is 19.4. The van der Waals surface area contributed by atoms with Crippen LogP contribution in [0.15, 0.2) is 36.1 Å². The first-order valence-corrected chi connectivity index (χ1v) is 15.9. The van der Waals surface area contributed by atoms with Gasteiger partial charge in [-0.1, -0.05) is 57.9 Å². The highest BCUT2D eigenvalue weighted by Crippen LogP contribution is 2.60. The molecule has 0 radical (unpaired) electrons. The van der Waals surface area contributed by atoms with E-state index in [1.54, 1.807) is 14.0 Å². The normalized spacial score (nSPS) is 45.8. The number of aliphatic hydroxyl groups excluding tert-OH is 2. The fourth-order valence-corrected chi connectivity index (χ4v) is 8.75. The van der Waals surface area contributed by atoms with Crippen molar-refractivity contribution in [2.45, 2.75) is 121 Å². The molecule has 1 unspecified atom stereocenters. The van der Waals surface area contributed by atoms with Crippen LogP contribution in [-0.4, -0.2) is 78.6 Å². The third-order valence-corrected chi connectivity index (χ3v) is 10.9. The quantitative estimate of drug-likeness (QED) is 0.263. The molecule has 5 aliphatic rings. The van der Waals surface area contributed by atoms with E-state index in [4.69, 9.17) is 14.2 Å². The van der Waals surface area contributed by atoms with Crippen molar-refractivity contribution in [3.63, 3.8) is 0 Å². The smallest absolute Gasteiger partial charge is 0.130 e. The van der Waals surface area contributed by atoms with E-state index < -0.39 is 23.9 Å². The average Bonchev–Trinajstić information content (AvgIpc) is 3.13. The molecule has 4 bridgehead atoms. The molecule has 12 atom stereocenters. The molecule has 40 heavy (non-hydrogen) atoms. The highest BCUT2D eigenvalue weighted by Gasteiger charge is 2.68. The van der Waals surface area contributed by atoms with Crippen molar-refractivity contribution < 1.29 is 24.4 Å². The van der Waals surface area contributed by atoms with E-state index in [-0.39, 0.29) is 47.8 Å². The zero-order valence-corrected chi connectivity index (χ0v) is 25.4. The summed E-state index contributed by atoms with van der Waals surface area (Å²) >= 11 is 0. The number of hydrogen-bond donors (Lipinski definition) is 4. The minimum atomic E-state index is -0.671. The zero-order valence-electron chi connectivity index (χ0n) is 25.4. The summed E-state index contributed by atoms with van der Waals surface area (Å²) in [6.45, 7) is 14.3. The molecule has 0 aromatic rings. The van der Waals surface area contributed by atoms with Gasteiger partial charge in [0.25, 0.3) is 0 Å². The van der Waals surface area contributed by atoms with Crippen LogP contribution in [0.5, 0.6) is 0 Å². The summed E-state index contributed by atoms with van der Waals surface area (Å²) in [7, 11) is 1.68. The highest BCUT2D eigenvalue weighted by atomic mass is 16.5. The number of nitrogens with one attached hydrogen (secondary N) is 2. The van der Waals surface area contributed by atoms with Crippen molar-refractivity contribution in [3.05, 3.63) is 36.1 Å². The van der Waals surface area contributed by atoms with Crippen LogP contribution in [0.1, 0.15) is 72.6 Å². The first-order valence-electron chi connectivity index (χ1n) is 15.9. The molecule has 0 aromatic carbocycles. The van der Waals surface area contributed by atoms with Gasteiger partial charge >= 0.3 is 0 Å². The van der Waals surface area contributed by atoms with Crippen LogP contribution >= 0.6 is 0 Å². The lowest BCUT2D eigenvalue weighted by Crippen LogP contribution is -2.59. The Morgan fingerprint density at radius 1 is 1.15 bits per heavy atom. The van der Waals surface area contributed by atoms with Crippen LogP contribution in [0.25, 0.3) is 0 Å². The number of ether oxygens (including phenoxy) is 3. The van der Waals surface area contributed by atoms with E-state index >= 15 is 0 Å². The maximum atomic E-state index is 11.9. The Hall–Kier alpha value is -1.22. The maximum Gasteiger partial charge on any atom is 0.130 e. The van der Waals surface area contributed by atoms with Crippen molar-refractivity contribution in [3.8, 4) is 0 Å². The van der Waals surface area contributed by atoms with E-state index in [1.807, 2.05) is 0 Å². The molecule has 2 heterocycles. The van der Waals surface area contributed by atoms with Gasteiger partial charge in [0.05, 0.1) is 18.3 Å². The maximum absolute atomic E-state index is 11.9. The largest absolute Gasteiger partial charge is 0.489 e. The summed E-state index contributed by atoms with van der Waals surface area (Å²) in [5.74, 6) is 0.663. The lowest BCUT2D eigenvalue weighted by molar-refractivity contribution is -0.0899. The van der Waals surface area contributed by atoms with Crippen LogP contribution < -0.4 is 10.6 Å². The molecule has 5 rings (SSSR count). The summed E-state index contributed by atoms with van der Waals surface area (Å²) in [5.41, 5.74) is 0.481. The molecular formula is C33H54N2O5. The highest BCUT2D eigenvalue weighted by molar-refractivity contribution is 5.35. The van der Waals surface area contributed by atoms with Crippen LogP contribution in [0.4, 0.5) is 0 Å². The molecule has 0 aromatic heterocycles. The van der Waals surface area contributed by atoms with Gasteiger partial charge in [0.1, 0.15) is 23.6 Å². The molecule has 0 amide bonds. The van der Waals surface area contributed by atoms with Gasteiger partial charge < -0.3 is 35.1 Å². The number of methoxy groups -OCH3 is 1. The molecule has 1 spiro atoms. The van der Waals surface area contributed by atoms with E-state index in [9.17, 15) is 10.2 Å². The molecular weight excluding hydrogens is 504 g/mol. The first kappa shape index (κ1) is 30.2. The Kier molecular flexibility index (Phi) is 9.50. The Balaban J connectivity index is 1.38. The molecule has 226 valence electrons. The molecule has 7 nitrogen and oxygen atoms in total. The third kappa shape index (κ3) is 5.47. The van der Waals surface area contributed by atoms with Crippen molar-refractivity contribution in [2.24, 2.45) is 29.6 Å². The van der Waals surface area contributed by atoms with Gasteiger partial charge in [0.15, 0.2) is 0 Å². The molecule has 3 aliphatic carbocycles. The first-order chi connectivity index (χ1) is 19.2. The molecule has 1 saturated heterocycles. The van der Waals surface area contributed by atoms with Crippen molar-refractivity contribution in [1.82, 2.24) is 10.6 Å². The molecule has 4 N–H and O–H groups in total. The van der Waals surface area contributed by atoms with Gasteiger partial charge in [-0.15, -0.1) is 0 Å². The second-order valence-electron chi connectivity index (χ2n) is 13.4. The minimum Gasteiger partial charge on any atom is -0.489 e. The van der Waals surface area contributed by atoms with E-state index in [2.05, 4.69) is 56.2 Å². The van der Waals surface area contributed by atoms with Gasteiger partial charge in [0.2, 0.25) is 0 Å². The lowest BCUT2D eigenvalue weighted by atomic mass is 9.57. The van der Waals surface area contributed by atoms with Crippen LogP contribution in [0.2, 0.25) is 0 Å². The van der Waals surface area contributed by atoms with Crippen LogP contribution in [0, 0.1) is 29.6 Å². The van der Waals surface area contributed by atoms with Crippen LogP contribution in [-0.2, 0) is 14.2 Å². The fourth-order valence-electron chi connectivity index (χ4n) is 8.75. The van der Waals surface area contributed by atoms with Gasteiger partial charge in [0, 0.05) is 48.8 Å². The average molecular weight is 559 g/mol. The van der Waals surface area contributed by atoms with Crippen LogP contribution in [0.3, 0.4) is 0 Å². The monoisotopic (exact) mass is 558 g/mol. The number of hydrogen-bond acceptors (Lipinski definition) is 7. The fraction of sp³-hybridized carbons (Fsp3) is 0.818.